The topological polar surface area (TPSA) is 76.5 Å². The third-order valence-electron chi connectivity index (χ3n) is 2.85. The summed E-state index contributed by atoms with van der Waals surface area (Å²) < 4.78 is 28.1. The van der Waals surface area contributed by atoms with Crippen LogP contribution in [0.1, 0.15) is 18.9 Å². The number of aliphatic hydroxyl groups is 1. The van der Waals surface area contributed by atoms with Crippen LogP contribution in [0.2, 0.25) is 0 Å². The maximum atomic E-state index is 11.4. The highest BCUT2D eigenvalue weighted by molar-refractivity contribution is 7.91. The predicted octanol–water partition coefficient (Wildman–Crippen LogP) is 0.486. The van der Waals surface area contributed by atoms with E-state index in [1.807, 2.05) is 6.92 Å². The molecule has 0 bridgehead atoms. The normalized spacial score (nSPS) is 26.9. The minimum absolute atomic E-state index is 0.0162. The van der Waals surface area contributed by atoms with E-state index in [0.717, 1.165) is 0 Å². The van der Waals surface area contributed by atoms with Crippen LogP contribution in [-0.2, 0) is 15.4 Å². The molecule has 6 heteroatoms. The predicted molar refractivity (Wildman–Crippen MR) is 62.6 cm³/mol. The summed E-state index contributed by atoms with van der Waals surface area (Å²) in [5.74, 6) is 0.322. The Hall–Kier alpha value is -1.14. The summed E-state index contributed by atoms with van der Waals surface area (Å²) in [7, 11) is -3.15. The maximum absolute atomic E-state index is 11.4. The first kappa shape index (κ1) is 12.3. The highest BCUT2D eigenvalue weighted by atomic mass is 32.2. The summed E-state index contributed by atoms with van der Waals surface area (Å²) in [6, 6.07) is 1.65. The lowest BCUT2D eigenvalue weighted by Crippen LogP contribution is -2.27. The minimum Gasteiger partial charge on any atom is -0.492 e. The fraction of sp³-hybridized carbons (Fsp3) is 0.545. The number of aromatic nitrogens is 1. The molecule has 17 heavy (non-hydrogen) atoms. The molecule has 2 rings (SSSR count). The van der Waals surface area contributed by atoms with Gasteiger partial charge in [0.25, 0.3) is 0 Å². The van der Waals surface area contributed by atoms with Crippen LogP contribution in [0.5, 0.6) is 5.75 Å². The van der Waals surface area contributed by atoms with Gasteiger partial charge in [-0.2, -0.15) is 0 Å². The first-order chi connectivity index (χ1) is 7.95. The zero-order chi connectivity index (χ0) is 12.5. The van der Waals surface area contributed by atoms with E-state index in [2.05, 4.69) is 4.98 Å². The Kier molecular flexibility index (Phi) is 3.09. The van der Waals surface area contributed by atoms with E-state index in [9.17, 15) is 13.5 Å². The third kappa shape index (κ3) is 2.58. The molecule has 1 N–H and O–H groups in total. The Morgan fingerprint density at radius 3 is 2.88 bits per heavy atom. The molecule has 94 valence electrons. The van der Waals surface area contributed by atoms with Gasteiger partial charge >= 0.3 is 0 Å². The second-order valence-corrected chi connectivity index (χ2v) is 6.40. The van der Waals surface area contributed by atoms with Crippen LogP contribution in [0.4, 0.5) is 0 Å². The average molecular weight is 257 g/mol. The summed E-state index contributed by atoms with van der Waals surface area (Å²) in [4.78, 5) is 3.96. The lowest BCUT2D eigenvalue weighted by Gasteiger charge is -2.21. The molecule has 1 unspecified atom stereocenters. The Morgan fingerprint density at radius 2 is 2.29 bits per heavy atom. The molecule has 1 aliphatic rings. The number of hydrogen-bond acceptors (Lipinski definition) is 5. The van der Waals surface area contributed by atoms with Gasteiger partial charge in [-0.05, 0) is 19.4 Å². The molecule has 0 aliphatic carbocycles. The number of ether oxygens (including phenoxy) is 1. The van der Waals surface area contributed by atoms with Crippen LogP contribution in [0.25, 0.3) is 0 Å². The van der Waals surface area contributed by atoms with Crippen LogP contribution in [0.3, 0.4) is 0 Å². The molecule has 1 aliphatic heterocycles. The fourth-order valence-corrected chi connectivity index (χ4v) is 3.81. The Labute approximate surface area is 100 Å². The second kappa shape index (κ2) is 4.27. The summed E-state index contributed by atoms with van der Waals surface area (Å²) in [6.45, 7) is 2.35. The van der Waals surface area contributed by atoms with Crippen LogP contribution in [-0.4, -0.2) is 36.6 Å². The Bertz CT molecular complexity index is 514. The van der Waals surface area contributed by atoms with Crippen molar-refractivity contribution in [1.29, 1.82) is 0 Å². The van der Waals surface area contributed by atoms with Gasteiger partial charge in [0.2, 0.25) is 0 Å². The van der Waals surface area contributed by atoms with Gasteiger partial charge in [-0.15, -0.1) is 0 Å². The van der Waals surface area contributed by atoms with E-state index in [0.29, 0.717) is 17.9 Å². The number of nitrogens with zero attached hydrogens (tertiary/aromatic N) is 1. The zero-order valence-corrected chi connectivity index (χ0v) is 10.4. The molecule has 0 aromatic carbocycles. The standard InChI is InChI=1S/C11H15NO4S/c1-2-16-10-5-9(6-12-7-10)11(13)3-4-17(14,15)8-11/h5-7,13H,2-4,8H2,1H3. The van der Waals surface area contributed by atoms with Crippen molar-refractivity contribution in [3.05, 3.63) is 24.0 Å². The maximum Gasteiger partial charge on any atom is 0.153 e. The lowest BCUT2D eigenvalue weighted by molar-refractivity contribution is 0.0646. The molecular weight excluding hydrogens is 242 g/mol. The first-order valence-corrected chi connectivity index (χ1v) is 7.28. The molecule has 0 saturated carbocycles. The second-order valence-electron chi connectivity index (χ2n) is 4.22. The zero-order valence-electron chi connectivity index (χ0n) is 9.59. The largest absolute Gasteiger partial charge is 0.492 e. The molecule has 5 nitrogen and oxygen atoms in total. The van der Waals surface area contributed by atoms with Crippen molar-refractivity contribution in [2.24, 2.45) is 0 Å². The SMILES string of the molecule is CCOc1cncc(C2(O)CCS(=O)(=O)C2)c1. The highest BCUT2D eigenvalue weighted by Gasteiger charge is 2.42. The van der Waals surface area contributed by atoms with Crippen molar-refractivity contribution < 1.29 is 18.3 Å². The van der Waals surface area contributed by atoms with Gasteiger partial charge in [-0.3, -0.25) is 4.98 Å². The molecule has 0 amide bonds. The number of rotatable bonds is 3. The Morgan fingerprint density at radius 1 is 1.53 bits per heavy atom. The number of pyridine rings is 1. The first-order valence-electron chi connectivity index (χ1n) is 5.46. The molecule has 1 saturated heterocycles. The number of hydrogen-bond donors (Lipinski definition) is 1. The van der Waals surface area contributed by atoms with Crippen LogP contribution in [0, 0.1) is 0 Å². The van der Waals surface area contributed by atoms with E-state index >= 15 is 0 Å². The lowest BCUT2D eigenvalue weighted by atomic mass is 9.95. The van der Waals surface area contributed by atoms with Crippen molar-refractivity contribution in [2.45, 2.75) is 18.9 Å². The van der Waals surface area contributed by atoms with E-state index < -0.39 is 15.4 Å². The van der Waals surface area contributed by atoms with Crippen molar-refractivity contribution in [2.75, 3.05) is 18.1 Å². The van der Waals surface area contributed by atoms with Crippen molar-refractivity contribution in [3.8, 4) is 5.75 Å². The van der Waals surface area contributed by atoms with Crippen molar-refractivity contribution >= 4 is 9.84 Å². The molecule has 2 heterocycles. The van der Waals surface area contributed by atoms with Gasteiger partial charge < -0.3 is 9.84 Å². The summed E-state index contributed by atoms with van der Waals surface area (Å²) >= 11 is 0. The van der Waals surface area contributed by atoms with Gasteiger partial charge in [0.1, 0.15) is 11.4 Å². The third-order valence-corrected chi connectivity index (χ3v) is 4.59. The average Bonchev–Trinajstić information content (AvgIpc) is 2.55. The molecular formula is C11H15NO4S. The molecule has 0 radical (unpaired) electrons. The van der Waals surface area contributed by atoms with Crippen LogP contribution >= 0.6 is 0 Å². The van der Waals surface area contributed by atoms with E-state index in [4.69, 9.17) is 4.74 Å². The van der Waals surface area contributed by atoms with Gasteiger partial charge in [-0.1, -0.05) is 0 Å². The minimum atomic E-state index is -3.15. The fourth-order valence-electron chi connectivity index (χ4n) is 1.98. The molecule has 0 spiro atoms. The molecule has 1 aromatic rings. The van der Waals surface area contributed by atoms with Gasteiger partial charge in [0, 0.05) is 11.8 Å². The van der Waals surface area contributed by atoms with Gasteiger partial charge in [0.05, 0.1) is 24.3 Å². The molecule has 1 aromatic heterocycles. The van der Waals surface area contributed by atoms with Crippen molar-refractivity contribution in [1.82, 2.24) is 4.98 Å². The van der Waals surface area contributed by atoms with Gasteiger partial charge in [-0.25, -0.2) is 8.42 Å². The quantitative estimate of drug-likeness (QED) is 0.852. The van der Waals surface area contributed by atoms with Crippen LogP contribution < -0.4 is 4.74 Å². The van der Waals surface area contributed by atoms with E-state index in [1.54, 1.807) is 12.3 Å². The monoisotopic (exact) mass is 257 g/mol. The Balaban J connectivity index is 2.31. The number of sulfone groups is 1. The van der Waals surface area contributed by atoms with Crippen LogP contribution in [0.15, 0.2) is 18.5 Å². The highest BCUT2D eigenvalue weighted by Crippen LogP contribution is 2.34. The summed E-state index contributed by atoms with van der Waals surface area (Å²) in [5.41, 5.74) is -0.816. The summed E-state index contributed by atoms with van der Waals surface area (Å²) in [5, 5.41) is 10.3. The van der Waals surface area contributed by atoms with E-state index in [1.165, 1.54) is 6.20 Å². The van der Waals surface area contributed by atoms with E-state index in [-0.39, 0.29) is 17.9 Å². The smallest absolute Gasteiger partial charge is 0.153 e. The van der Waals surface area contributed by atoms with Crippen molar-refractivity contribution in [3.63, 3.8) is 0 Å². The van der Waals surface area contributed by atoms with Gasteiger partial charge in [0.15, 0.2) is 9.84 Å². The molecule has 1 atom stereocenters. The summed E-state index contributed by atoms with van der Waals surface area (Å²) in [6.07, 6.45) is 3.25. The molecule has 1 fully saturated rings.